The molecule has 16 heavy (non-hydrogen) atoms. The Hall–Kier alpha value is -0.330. The number of amides is 1. The molecule has 0 fully saturated rings. The second kappa shape index (κ2) is 7.09. The summed E-state index contributed by atoms with van der Waals surface area (Å²) in [5.41, 5.74) is 0. The van der Waals surface area contributed by atoms with Gasteiger partial charge in [-0.3, -0.25) is 4.79 Å². The maximum atomic E-state index is 11.6. The molecule has 0 aliphatic rings. The van der Waals surface area contributed by atoms with Gasteiger partial charge in [-0.1, -0.05) is 6.92 Å². The normalized spacial score (nSPS) is 15.5. The molecule has 7 heteroatoms. The molecule has 0 bridgehead atoms. The number of sulfonamides is 1. The number of hydrogen-bond donors (Lipinski definition) is 2. The fourth-order valence-electron chi connectivity index (χ4n) is 1.12. The highest BCUT2D eigenvalue weighted by atomic mass is 35.5. The molecule has 5 nitrogen and oxygen atoms in total. The number of nitrogens with one attached hydrogen (secondary N) is 2. The molecule has 0 spiro atoms. The molecule has 0 saturated carbocycles. The highest BCUT2D eigenvalue weighted by Gasteiger charge is 2.21. The molecule has 1 amide bonds. The molecular weight excluding hydrogens is 252 g/mol. The lowest BCUT2D eigenvalue weighted by molar-refractivity contribution is -0.122. The number of rotatable bonds is 7. The van der Waals surface area contributed by atoms with E-state index >= 15 is 0 Å². The first-order chi connectivity index (χ1) is 7.32. The Morgan fingerprint density at radius 3 is 2.38 bits per heavy atom. The maximum Gasteiger partial charge on any atom is 0.237 e. The van der Waals surface area contributed by atoms with Gasteiger partial charge in [-0.15, -0.1) is 11.6 Å². The highest BCUT2D eigenvalue weighted by Crippen LogP contribution is 2.02. The summed E-state index contributed by atoms with van der Waals surface area (Å²) in [6.45, 7) is 5.49. The van der Waals surface area contributed by atoms with Gasteiger partial charge in [0.25, 0.3) is 0 Å². The predicted molar refractivity (Wildman–Crippen MR) is 65.0 cm³/mol. The van der Waals surface area contributed by atoms with Crippen LogP contribution in [-0.2, 0) is 14.8 Å². The van der Waals surface area contributed by atoms with Crippen LogP contribution in [0.25, 0.3) is 0 Å². The minimum Gasteiger partial charge on any atom is -0.355 e. The van der Waals surface area contributed by atoms with E-state index in [1.54, 1.807) is 13.8 Å². The third-order valence-electron chi connectivity index (χ3n) is 1.87. The number of carbonyl (C=O) groups excluding carboxylic acids is 1. The van der Waals surface area contributed by atoms with Crippen molar-refractivity contribution in [2.24, 2.45) is 5.92 Å². The molecule has 0 aliphatic heterocycles. The SMILES string of the molecule is CCNC(=O)C(C)NS(=O)(=O)CC(C)CCl. The van der Waals surface area contributed by atoms with E-state index in [1.165, 1.54) is 6.92 Å². The van der Waals surface area contributed by atoms with Gasteiger partial charge in [-0.25, -0.2) is 13.1 Å². The van der Waals surface area contributed by atoms with Crippen molar-refractivity contribution < 1.29 is 13.2 Å². The van der Waals surface area contributed by atoms with Crippen molar-refractivity contribution in [3.8, 4) is 0 Å². The van der Waals surface area contributed by atoms with E-state index in [2.05, 4.69) is 10.0 Å². The smallest absolute Gasteiger partial charge is 0.237 e. The van der Waals surface area contributed by atoms with Crippen molar-refractivity contribution in [1.82, 2.24) is 10.0 Å². The van der Waals surface area contributed by atoms with Crippen molar-refractivity contribution in [2.45, 2.75) is 26.8 Å². The van der Waals surface area contributed by atoms with Crippen molar-refractivity contribution in [3.05, 3.63) is 0 Å². The van der Waals surface area contributed by atoms with Gasteiger partial charge in [0.2, 0.25) is 15.9 Å². The van der Waals surface area contributed by atoms with Gasteiger partial charge in [0.15, 0.2) is 0 Å². The van der Waals surface area contributed by atoms with Gasteiger partial charge in [0.05, 0.1) is 11.8 Å². The van der Waals surface area contributed by atoms with Gasteiger partial charge in [-0.2, -0.15) is 0 Å². The molecule has 0 heterocycles. The van der Waals surface area contributed by atoms with Crippen LogP contribution in [0.15, 0.2) is 0 Å². The van der Waals surface area contributed by atoms with Crippen LogP contribution in [0.3, 0.4) is 0 Å². The summed E-state index contributed by atoms with van der Waals surface area (Å²) in [6.07, 6.45) is 0. The molecule has 2 atom stereocenters. The average molecular weight is 271 g/mol. The van der Waals surface area contributed by atoms with E-state index in [4.69, 9.17) is 11.6 Å². The largest absolute Gasteiger partial charge is 0.355 e. The number of carbonyl (C=O) groups is 1. The van der Waals surface area contributed by atoms with E-state index in [0.29, 0.717) is 6.54 Å². The molecule has 96 valence electrons. The summed E-state index contributed by atoms with van der Waals surface area (Å²) in [4.78, 5) is 11.3. The van der Waals surface area contributed by atoms with E-state index in [1.807, 2.05) is 0 Å². The van der Waals surface area contributed by atoms with Crippen LogP contribution in [-0.4, -0.2) is 38.5 Å². The molecule has 0 aliphatic carbocycles. The molecular formula is C9H19ClN2O3S. The number of hydrogen-bond acceptors (Lipinski definition) is 3. The third-order valence-corrected chi connectivity index (χ3v) is 4.12. The van der Waals surface area contributed by atoms with Gasteiger partial charge in [0, 0.05) is 12.4 Å². The molecule has 0 rings (SSSR count). The Bertz CT molecular complexity index is 319. The first-order valence-electron chi connectivity index (χ1n) is 5.16. The summed E-state index contributed by atoms with van der Waals surface area (Å²) in [5.74, 6) is -0.262. The Kier molecular flexibility index (Phi) is 6.94. The van der Waals surface area contributed by atoms with Crippen molar-refractivity contribution in [3.63, 3.8) is 0 Å². The summed E-state index contributed by atoms with van der Waals surface area (Å²) in [6, 6.07) is -0.757. The van der Waals surface area contributed by atoms with Crippen LogP contribution >= 0.6 is 11.6 Å². The van der Waals surface area contributed by atoms with Gasteiger partial charge in [0.1, 0.15) is 0 Å². The quantitative estimate of drug-likeness (QED) is 0.654. The zero-order valence-corrected chi connectivity index (χ0v) is 11.4. The monoisotopic (exact) mass is 270 g/mol. The van der Waals surface area contributed by atoms with Gasteiger partial charge >= 0.3 is 0 Å². The fraction of sp³-hybridized carbons (Fsp3) is 0.889. The second-order valence-electron chi connectivity index (χ2n) is 3.78. The Balaban J connectivity index is 4.31. The van der Waals surface area contributed by atoms with Crippen molar-refractivity contribution in [1.29, 1.82) is 0 Å². The van der Waals surface area contributed by atoms with E-state index < -0.39 is 16.1 Å². The molecule has 0 aromatic carbocycles. The van der Waals surface area contributed by atoms with Gasteiger partial charge < -0.3 is 5.32 Å². The van der Waals surface area contributed by atoms with Crippen molar-refractivity contribution >= 4 is 27.5 Å². The predicted octanol–water partition coefficient (Wildman–Crippen LogP) is 0.305. The summed E-state index contributed by atoms with van der Waals surface area (Å²) in [7, 11) is -3.45. The van der Waals surface area contributed by atoms with Crippen LogP contribution in [0.2, 0.25) is 0 Å². The standard InChI is InChI=1S/C9H19ClN2O3S/c1-4-11-9(13)8(3)12-16(14,15)6-7(2)5-10/h7-8,12H,4-6H2,1-3H3,(H,11,13). The molecule has 0 radical (unpaired) electrons. The lowest BCUT2D eigenvalue weighted by Gasteiger charge is -2.15. The fourth-order valence-corrected chi connectivity index (χ4v) is 2.96. The molecule has 2 unspecified atom stereocenters. The van der Waals surface area contributed by atoms with Crippen LogP contribution < -0.4 is 10.0 Å². The average Bonchev–Trinajstić information content (AvgIpc) is 2.16. The van der Waals surface area contributed by atoms with Gasteiger partial charge in [-0.05, 0) is 19.8 Å². The van der Waals surface area contributed by atoms with E-state index in [9.17, 15) is 13.2 Å². The third kappa shape index (κ3) is 6.30. The topological polar surface area (TPSA) is 75.3 Å². The highest BCUT2D eigenvalue weighted by molar-refractivity contribution is 7.89. The zero-order chi connectivity index (χ0) is 12.8. The molecule has 0 aromatic rings. The van der Waals surface area contributed by atoms with Crippen LogP contribution in [0, 0.1) is 5.92 Å². The summed E-state index contributed by atoms with van der Waals surface area (Å²) >= 11 is 5.54. The number of alkyl halides is 1. The van der Waals surface area contributed by atoms with Crippen LogP contribution in [0.4, 0.5) is 0 Å². The second-order valence-corrected chi connectivity index (χ2v) is 5.88. The minimum atomic E-state index is -3.45. The van der Waals surface area contributed by atoms with E-state index in [-0.39, 0.29) is 23.5 Å². The van der Waals surface area contributed by atoms with E-state index in [0.717, 1.165) is 0 Å². The Morgan fingerprint density at radius 1 is 1.38 bits per heavy atom. The van der Waals surface area contributed by atoms with Crippen molar-refractivity contribution in [2.75, 3.05) is 18.2 Å². The van der Waals surface area contributed by atoms with Crippen LogP contribution in [0.5, 0.6) is 0 Å². The lowest BCUT2D eigenvalue weighted by Crippen LogP contribution is -2.46. The molecule has 2 N–H and O–H groups in total. The number of halogens is 1. The minimum absolute atomic E-state index is 0.0692. The molecule has 0 saturated heterocycles. The maximum absolute atomic E-state index is 11.6. The first-order valence-corrected chi connectivity index (χ1v) is 7.34. The number of likely N-dealkylation sites (N-methyl/N-ethyl adjacent to an activating group) is 1. The zero-order valence-electron chi connectivity index (χ0n) is 9.79. The Morgan fingerprint density at radius 2 is 1.94 bits per heavy atom. The summed E-state index contributed by atoms with van der Waals surface area (Å²) < 4.78 is 25.4. The molecule has 0 aromatic heterocycles. The Labute approximate surface area is 102 Å². The van der Waals surface area contributed by atoms with Crippen LogP contribution in [0.1, 0.15) is 20.8 Å². The first kappa shape index (κ1) is 15.7. The summed E-state index contributed by atoms with van der Waals surface area (Å²) in [5, 5.41) is 2.54. The lowest BCUT2D eigenvalue weighted by atomic mass is 10.3.